The highest BCUT2D eigenvalue weighted by molar-refractivity contribution is 7.81. The molecule has 0 heterocycles. The zero-order valence-electron chi connectivity index (χ0n) is 4.92. The minimum atomic E-state index is -0.271. The van der Waals surface area contributed by atoms with Crippen molar-refractivity contribution in [2.45, 2.75) is 25.0 Å². The number of nitrogens with two attached hydrogens (primary N) is 1. The predicted molar refractivity (Wildman–Crippen MR) is 36.9 cm³/mol. The molecule has 8 heavy (non-hydrogen) atoms. The lowest BCUT2D eigenvalue weighted by molar-refractivity contribution is -0.118. The molecule has 1 amide bonds. The molecule has 1 atom stereocenters. The van der Waals surface area contributed by atoms with E-state index in [0.29, 0.717) is 6.42 Å². The summed E-state index contributed by atoms with van der Waals surface area (Å²) >= 11 is 4.07. The molecular weight excluding hydrogens is 122 g/mol. The van der Waals surface area contributed by atoms with Gasteiger partial charge in [-0.1, -0.05) is 6.92 Å². The first-order valence-electron chi connectivity index (χ1n) is 2.63. The molecule has 0 aliphatic heterocycles. The molecule has 0 aliphatic carbocycles. The van der Waals surface area contributed by atoms with Crippen molar-refractivity contribution in [3.8, 4) is 0 Å². The van der Waals surface area contributed by atoms with Crippen LogP contribution in [0.3, 0.4) is 0 Å². The first-order chi connectivity index (χ1) is 3.66. The molecule has 1 unspecified atom stereocenters. The van der Waals surface area contributed by atoms with Crippen molar-refractivity contribution in [2.75, 3.05) is 0 Å². The number of carbonyl (C=O) groups is 1. The number of amides is 1. The van der Waals surface area contributed by atoms with Gasteiger partial charge in [0.15, 0.2) is 0 Å². The number of rotatable bonds is 3. The van der Waals surface area contributed by atoms with E-state index >= 15 is 0 Å². The van der Waals surface area contributed by atoms with E-state index in [1.807, 2.05) is 6.92 Å². The van der Waals surface area contributed by atoms with Gasteiger partial charge in [-0.2, -0.15) is 12.6 Å². The molecule has 0 aromatic rings. The summed E-state index contributed by atoms with van der Waals surface area (Å²) < 4.78 is 0. The molecule has 2 nitrogen and oxygen atoms in total. The van der Waals surface area contributed by atoms with Gasteiger partial charge in [-0.05, 0) is 6.42 Å². The number of hydrogen-bond donors (Lipinski definition) is 2. The topological polar surface area (TPSA) is 43.1 Å². The van der Waals surface area contributed by atoms with Gasteiger partial charge in [0.05, 0.1) is 0 Å². The van der Waals surface area contributed by atoms with Gasteiger partial charge in [-0.3, -0.25) is 4.79 Å². The average Bonchev–Trinajstić information content (AvgIpc) is 1.65. The molecule has 0 aromatic heterocycles. The quantitative estimate of drug-likeness (QED) is 0.543. The first kappa shape index (κ1) is 7.82. The van der Waals surface area contributed by atoms with Crippen LogP contribution in [0.1, 0.15) is 19.8 Å². The van der Waals surface area contributed by atoms with Gasteiger partial charge in [0.25, 0.3) is 0 Å². The summed E-state index contributed by atoms with van der Waals surface area (Å²) in [6, 6.07) is 0. The lowest BCUT2D eigenvalue weighted by Gasteiger charge is -2.00. The average molecular weight is 133 g/mol. The minimum Gasteiger partial charge on any atom is -0.370 e. The van der Waals surface area contributed by atoms with E-state index in [1.54, 1.807) is 0 Å². The van der Waals surface area contributed by atoms with Gasteiger partial charge in [-0.15, -0.1) is 0 Å². The van der Waals surface area contributed by atoms with Crippen molar-refractivity contribution < 1.29 is 4.79 Å². The molecule has 0 fully saturated rings. The highest BCUT2D eigenvalue weighted by Gasteiger charge is 2.01. The van der Waals surface area contributed by atoms with Crippen LogP contribution in [0.4, 0.5) is 0 Å². The largest absolute Gasteiger partial charge is 0.370 e. The van der Waals surface area contributed by atoms with Crippen molar-refractivity contribution in [3.05, 3.63) is 0 Å². The van der Waals surface area contributed by atoms with Crippen molar-refractivity contribution in [1.29, 1.82) is 0 Å². The summed E-state index contributed by atoms with van der Waals surface area (Å²) in [4.78, 5) is 10.1. The zero-order chi connectivity index (χ0) is 6.57. The maximum absolute atomic E-state index is 10.1. The van der Waals surface area contributed by atoms with Crippen LogP contribution in [-0.2, 0) is 4.79 Å². The first-order valence-corrected chi connectivity index (χ1v) is 3.14. The van der Waals surface area contributed by atoms with Crippen LogP contribution in [0.5, 0.6) is 0 Å². The van der Waals surface area contributed by atoms with Crippen molar-refractivity contribution in [3.63, 3.8) is 0 Å². The Morgan fingerprint density at radius 3 is 2.50 bits per heavy atom. The maximum Gasteiger partial charge on any atom is 0.218 e. The van der Waals surface area contributed by atoms with Gasteiger partial charge in [0.1, 0.15) is 0 Å². The zero-order valence-corrected chi connectivity index (χ0v) is 5.82. The Morgan fingerprint density at radius 2 is 2.38 bits per heavy atom. The Balaban J connectivity index is 3.24. The molecule has 0 bridgehead atoms. The summed E-state index contributed by atoms with van der Waals surface area (Å²) in [6.07, 6.45) is 1.28. The third-order valence-corrected chi connectivity index (χ3v) is 1.46. The fourth-order valence-electron chi connectivity index (χ4n) is 0.377. The maximum atomic E-state index is 10.1. The van der Waals surface area contributed by atoms with E-state index in [1.165, 1.54) is 0 Å². The lowest BCUT2D eigenvalue weighted by atomic mass is 10.2. The highest BCUT2D eigenvalue weighted by atomic mass is 32.1. The Hall–Kier alpha value is -0.180. The molecule has 3 heteroatoms. The van der Waals surface area contributed by atoms with Gasteiger partial charge >= 0.3 is 0 Å². The summed E-state index contributed by atoms with van der Waals surface area (Å²) in [7, 11) is 0. The molecule has 0 aromatic carbocycles. The van der Waals surface area contributed by atoms with E-state index in [2.05, 4.69) is 12.6 Å². The van der Waals surface area contributed by atoms with Crippen molar-refractivity contribution in [2.24, 2.45) is 5.73 Å². The summed E-state index contributed by atoms with van der Waals surface area (Å²) in [5, 5.41) is 0.146. The third-order valence-electron chi connectivity index (χ3n) is 0.908. The molecule has 0 spiro atoms. The molecule has 0 aliphatic rings. The molecule has 0 rings (SSSR count). The second kappa shape index (κ2) is 3.78. The third kappa shape index (κ3) is 3.99. The highest BCUT2D eigenvalue weighted by Crippen LogP contribution is 2.03. The Labute approximate surface area is 54.9 Å². The summed E-state index contributed by atoms with van der Waals surface area (Å²) in [5.74, 6) is -0.271. The van der Waals surface area contributed by atoms with E-state index in [9.17, 15) is 4.79 Å². The number of thiol groups is 1. The monoisotopic (exact) mass is 133 g/mol. The van der Waals surface area contributed by atoms with Gasteiger partial charge in [-0.25, -0.2) is 0 Å². The number of primary amides is 1. The van der Waals surface area contributed by atoms with Crippen LogP contribution < -0.4 is 5.73 Å². The number of hydrogen-bond acceptors (Lipinski definition) is 2. The standard InChI is InChI=1S/C5H11NOS/c1-2-4(8)3-5(6)7/h4,8H,2-3H2,1H3,(H2,6,7). The van der Waals surface area contributed by atoms with Gasteiger partial charge in [0.2, 0.25) is 5.91 Å². The van der Waals surface area contributed by atoms with Crippen molar-refractivity contribution in [1.82, 2.24) is 0 Å². The Kier molecular flexibility index (Phi) is 3.69. The molecular formula is C5H11NOS. The molecule has 0 saturated carbocycles. The molecule has 0 saturated heterocycles. The van der Waals surface area contributed by atoms with Crippen LogP contribution in [-0.4, -0.2) is 11.2 Å². The SMILES string of the molecule is CCC(S)CC(N)=O. The molecule has 2 N–H and O–H groups in total. The van der Waals surface area contributed by atoms with Crippen molar-refractivity contribution >= 4 is 18.5 Å². The van der Waals surface area contributed by atoms with Gasteiger partial charge in [0, 0.05) is 11.7 Å². The second-order valence-electron chi connectivity index (χ2n) is 1.73. The fraction of sp³-hybridized carbons (Fsp3) is 0.800. The normalized spacial score (nSPS) is 13.2. The van der Waals surface area contributed by atoms with Crippen LogP contribution in [0.25, 0.3) is 0 Å². The lowest BCUT2D eigenvalue weighted by Crippen LogP contribution is -2.15. The smallest absolute Gasteiger partial charge is 0.218 e. The van der Waals surface area contributed by atoms with Crippen LogP contribution in [0.2, 0.25) is 0 Å². The Morgan fingerprint density at radius 1 is 1.88 bits per heavy atom. The van der Waals surface area contributed by atoms with Crippen LogP contribution >= 0.6 is 12.6 Å². The van der Waals surface area contributed by atoms with Crippen LogP contribution in [0, 0.1) is 0 Å². The predicted octanol–water partition coefficient (Wildman–Crippen LogP) is 0.570. The van der Waals surface area contributed by atoms with Gasteiger partial charge < -0.3 is 5.73 Å². The van der Waals surface area contributed by atoms with E-state index in [0.717, 1.165) is 6.42 Å². The van der Waals surface area contributed by atoms with E-state index in [-0.39, 0.29) is 11.2 Å². The van der Waals surface area contributed by atoms with E-state index in [4.69, 9.17) is 5.73 Å². The fourth-order valence-corrected chi connectivity index (χ4v) is 0.557. The summed E-state index contributed by atoms with van der Waals surface area (Å²) in [5.41, 5.74) is 4.88. The van der Waals surface area contributed by atoms with Crippen LogP contribution in [0.15, 0.2) is 0 Å². The van der Waals surface area contributed by atoms with E-state index < -0.39 is 0 Å². The second-order valence-corrected chi connectivity index (χ2v) is 2.46. The number of carbonyl (C=O) groups excluding carboxylic acids is 1. The Bertz CT molecular complexity index is 84.5. The minimum absolute atomic E-state index is 0.146. The molecule has 0 radical (unpaired) electrons. The molecule has 48 valence electrons. The summed E-state index contributed by atoms with van der Waals surface area (Å²) in [6.45, 7) is 1.97.